The molecule has 0 aromatic rings. The van der Waals surface area contributed by atoms with Gasteiger partial charge in [-0.1, -0.05) is 41.5 Å². The number of rotatable bonds is 15. The molecule has 5 atom stereocenters. The molecule has 0 fully saturated rings. The minimum atomic E-state index is -1.20. The Morgan fingerprint density at radius 2 is 1.00 bits per heavy atom. The molecule has 0 spiro atoms. The van der Waals surface area contributed by atoms with Crippen LogP contribution in [-0.4, -0.2) is 76.0 Å². The average Bonchev–Trinajstić information content (AvgIpc) is 2.75. The lowest BCUT2D eigenvalue weighted by atomic mass is 9.99. The van der Waals surface area contributed by atoms with Crippen LogP contribution in [0.2, 0.25) is 0 Å². The molecule has 0 saturated carbocycles. The third-order valence-corrected chi connectivity index (χ3v) is 5.48. The Hall–Kier alpha value is -3.22. The Morgan fingerprint density at radius 1 is 0.611 bits per heavy atom. The van der Waals surface area contributed by atoms with Gasteiger partial charge in [-0.3, -0.25) is 24.0 Å². The van der Waals surface area contributed by atoms with Gasteiger partial charge in [0.2, 0.25) is 23.6 Å². The summed E-state index contributed by atoms with van der Waals surface area (Å²) < 4.78 is 0. The standard InChI is InChI=1S/C23H41N5O8/c1-10(2)16(21(33)25-13(7)19(31)28-18(12(5)6)23(35)36)27-22(34)17(11(3)4)26-20(32)14(24)8-9-15(29)30/h10-14,16-18H,8-9,24H2,1-7H3,(H,25,33)(H,26,32)(H,27,34)(H,28,31)(H,29,30)(H,35,36)/t13-,14-,16-,17-,18-/m0/s1. The number of hydrogen-bond acceptors (Lipinski definition) is 7. The van der Waals surface area contributed by atoms with Crippen molar-refractivity contribution in [2.75, 3.05) is 0 Å². The molecule has 0 rings (SSSR count). The van der Waals surface area contributed by atoms with E-state index >= 15 is 0 Å². The highest BCUT2D eigenvalue weighted by Crippen LogP contribution is 2.08. The van der Waals surface area contributed by atoms with Crippen LogP contribution in [0.15, 0.2) is 0 Å². The molecule has 13 nitrogen and oxygen atoms in total. The van der Waals surface area contributed by atoms with Crippen molar-refractivity contribution < 1.29 is 39.0 Å². The van der Waals surface area contributed by atoms with Crippen molar-refractivity contribution in [1.29, 1.82) is 0 Å². The molecule has 0 saturated heterocycles. The highest BCUT2D eigenvalue weighted by molar-refractivity contribution is 5.95. The predicted octanol–water partition coefficient (Wildman–Crippen LogP) is -0.810. The second-order valence-electron chi connectivity index (χ2n) is 9.80. The third-order valence-electron chi connectivity index (χ3n) is 5.48. The fraction of sp³-hybridized carbons (Fsp3) is 0.739. The Labute approximate surface area is 211 Å². The van der Waals surface area contributed by atoms with Crippen LogP contribution in [0, 0.1) is 17.8 Å². The minimum absolute atomic E-state index is 0.107. The summed E-state index contributed by atoms with van der Waals surface area (Å²) in [7, 11) is 0. The van der Waals surface area contributed by atoms with E-state index in [4.69, 9.17) is 10.8 Å². The first-order valence-electron chi connectivity index (χ1n) is 11.9. The van der Waals surface area contributed by atoms with Crippen LogP contribution in [-0.2, 0) is 28.8 Å². The van der Waals surface area contributed by atoms with E-state index in [0.717, 1.165) is 0 Å². The molecule has 206 valence electrons. The van der Waals surface area contributed by atoms with Gasteiger partial charge in [0, 0.05) is 6.42 Å². The largest absolute Gasteiger partial charge is 0.481 e. The van der Waals surface area contributed by atoms with Crippen LogP contribution in [0.3, 0.4) is 0 Å². The first kappa shape index (κ1) is 32.8. The lowest BCUT2D eigenvalue weighted by molar-refractivity contribution is -0.143. The van der Waals surface area contributed by atoms with Gasteiger partial charge in [-0.2, -0.15) is 0 Å². The number of nitrogens with one attached hydrogen (secondary N) is 4. The van der Waals surface area contributed by atoms with Crippen molar-refractivity contribution in [1.82, 2.24) is 21.3 Å². The fourth-order valence-corrected chi connectivity index (χ4v) is 3.14. The van der Waals surface area contributed by atoms with E-state index in [0.29, 0.717) is 0 Å². The van der Waals surface area contributed by atoms with Crippen molar-refractivity contribution in [2.24, 2.45) is 23.5 Å². The van der Waals surface area contributed by atoms with E-state index in [1.165, 1.54) is 6.92 Å². The maximum atomic E-state index is 13.0. The van der Waals surface area contributed by atoms with Crippen LogP contribution in [0.5, 0.6) is 0 Å². The predicted molar refractivity (Wildman–Crippen MR) is 130 cm³/mol. The molecule has 0 aliphatic carbocycles. The molecule has 13 heteroatoms. The molecule has 0 heterocycles. The average molecular weight is 516 g/mol. The Kier molecular flexibility index (Phi) is 13.7. The summed E-state index contributed by atoms with van der Waals surface area (Å²) >= 11 is 0. The number of amides is 4. The zero-order valence-corrected chi connectivity index (χ0v) is 22.0. The molecule has 36 heavy (non-hydrogen) atoms. The zero-order chi connectivity index (χ0) is 28.3. The van der Waals surface area contributed by atoms with Gasteiger partial charge in [-0.25, -0.2) is 4.79 Å². The van der Waals surface area contributed by atoms with E-state index < -0.39 is 71.7 Å². The van der Waals surface area contributed by atoms with Gasteiger partial charge in [0.05, 0.1) is 6.04 Å². The Morgan fingerprint density at radius 3 is 1.39 bits per heavy atom. The van der Waals surface area contributed by atoms with Gasteiger partial charge in [0.1, 0.15) is 24.2 Å². The normalized spacial score (nSPS) is 15.4. The monoisotopic (exact) mass is 515 g/mol. The Bertz CT molecular complexity index is 814. The number of carboxylic acid groups (broad SMARTS) is 2. The van der Waals surface area contributed by atoms with Gasteiger partial charge >= 0.3 is 11.9 Å². The van der Waals surface area contributed by atoms with Crippen molar-refractivity contribution in [3.8, 4) is 0 Å². The zero-order valence-electron chi connectivity index (χ0n) is 22.0. The molecule has 0 unspecified atom stereocenters. The number of carbonyl (C=O) groups is 6. The van der Waals surface area contributed by atoms with Gasteiger partial charge in [-0.05, 0) is 31.1 Å². The van der Waals surface area contributed by atoms with Crippen LogP contribution in [0.25, 0.3) is 0 Å². The maximum absolute atomic E-state index is 13.0. The molecular weight excluding hydrogens is 474 g/mol. The summed E-state index contributed by atoms with van der Waals surface area (Å²) in [5.41, 5.74) is 5.72. The first-order valence-corrected chi connectivity index (χ1v) is 11.9. The lowest BCUT2D eigenvalue weighted by Crippen LogP contribution is -2.60. The molecule has 0 aliphatic rings. The summed E-state index contributed by atoms with van der Waals surface area (Å²) in [6.07, 6.45) is -0.414. The van der Waals surface area contributed by atoms with Crippen LogP contribution >= 0.6 is 0 Å². The number of hydrogen-bond donors (Lipinski definition) is 7. The van der Waals surface area contributed by atoms with Crippen molar-refractivity contribution in [3.05, 3.63) is 0 Å². The molecule has 8 N–H and O–H groups in total. The SMILES string of the molecule is CC(C)[C@H](NC(=O)[C@H](C)NC(=O)[C@@H](NC(=O)[C@@H](NC(=O)[C@@H](N)CCC(=O)O)C(C)C)C(C)C)C(=O)O. The molecular formula is C23H41N5O8. The van der Waals surface area contributed by atoms with Gasteiger partial charge in [0.25, 0.3) is 0 Å². The van der Waals surface area contributed by atoms with E-state index in [1.807, 2.05) is 0 Å². The number of nitrogens with two attached hydrogens (primary N) is 1. The van der Waals surface area contributed by atoms with E-state index in [9.17, 15) is 33.9 Å². The lowest BCUT2D eigenvalue weighted by Gasteiger charge is -2.28. The topological polar surface area (TPSA) is 217 Å². The number of carboxylic acids is 2. The second-order valence-corrected chi connectivity index (χ2v) is 9.80. The van der Waals surface area contributed by atoms with Gasteiger partial charge in [0.15, 0.2) is 0 Å². The van der Waals surface area contributed by atoms with Crippen LogP contribution in [0.4, 0.5) is 0 Å². The summed E-state index contributed by atoms with van der Waals surface area (Å²) in [4.78, 5) is 72.6. The Balaban J connectivity index is 5.32. The van der Waals surface area contributed by atoms with Crippen LogP contribution < -0.4 is 27.0 Å². The van der Waals surface area contributed by atoms with Gasteiger partial charge < -0.3 is 37.2 Å². The summed E-state index contributed by atoms with van der Waals surface area (Å²) in [5, 5.41) is 28.0. The van der Waals surface area contributed by atoms with Gasteiger partial charge in [-0.15, -0.1) is 0 Å². The summed E-state index contributed by atoms with van der Waals surface area (Å²) in [6, 6.07) is -5.45. The molecule has 4 amide bonds. The second kappa shape index (κ2) is 15.0. The smallest absolute Gasteiger partial charge is 0.326 e. The first-order chi connectivity index (χ1) is 16.5. The van der Waals surface area contributed by atoms with Crippen LogP contribution in [0.1, 0.15) is 61.3 Å². The number of aliphatic carboxylic acids is 2. The number of carbonyl (C=O) groups excluding carboxylic acids is 4. The quantitative estimate of drug-likeness (QED) is 0.145. The van der Waals surface area contributed by atoms with E-state index in [2.05, 4.69) is 21.3 Å². The molecule has 0 bridgehead atoms. The maximum Gasteiger partial charge on any atom is 0.326 e. The van der Waals surface area contributed by atoms with Crippen molar-refractivity contribution in [3.63, 3.8) is 0 Å². The highest BCUT2D eigenvalue weighted by atomic mass is 16.4. The van der Waals surface area contributed by atoms with Crippen molar-refractivity contribution >= 4 is 35.6 Å². The molecule has 0 aliphatic heterocycles. The highest BCUT2D eigenvalue weighted by Gasteiger charge is 2.33. The van der Waals surface area contributed by atoms with Crippen molar-refractivity contribution in [2.45, 2.75) is 91.5 Å². The summed E-state index contributed by atoms with van der Waals surface area (Å²) in [6.45, 7) is 11.4. The van der Waals surface area contributed by atoms with E-state index in [1.54, 1.807) is 41.5 Å². The fourth-order valence-electron chi connectivity index (χ4n) is 3.14. The minimum Gasteiger partial charge on any atom is -0.481 e. The third kappa shape index (κ3) is 11.0. The molecule has 0 aromatic heterocycles. The molecule has 0 radical (unpaired) electrons. The van der Waals surface area contributed by atoms with E-state index in [-0.39, 0.29) is 24.7 Å². The molecule has 0 aromatic carbocycles. The summed E-state index contributed by atoms with van der Waals surface area (Å²) in [5.74, 6) is -6.16.